The molecule has 0 rings (SSSR count). The minimum Gasteiger partial charge on any atom is -0.395 e. The molecule has 0 aromatic heterocycles. The first-order valence-electron chi connectivity index (χ1n) is 14.3. The third-order valence-electron chi connectivity index (χ3n) is 6.81. The fourth-order valence-corrected chi connectivity index (χ4v) is 9.83. The highest BCUT2D eigenvalue weighted by molar-refractivity contribution is 6.66. The second-order valence-corrected chi connectivity index (χ2v) is 16.8. The van der Waals surface area contributed by atoms with Gasteiger partial charge in [-0.1, -0.05) is 65.2 Å². The lowest BCUT2D eigenvalue weighted by atomic mass is 9.88. The molecule has 7 heteroatoms. The molecule has 0 radical (unpaired) electrons. The van der Waals surface area contributed by atoms with E-state index in [9.17, 15) is 4.79 Å². The van der Waals surface area contributed by atoms with Crippen molar-refractivity contribution in [3.05, 3.63) is 0 Å². The third-order valence-corrected chi connectivity index (χ3v) is 12.9. The number of unbranched alkanes of at least 4 members (excludes halogenated alkanes) is 6. The molecular weight excluding hydrogens is 460 g/mol. The summed E-state index contributed by atoms with van der Waals surface area (Å²) < 4.78 is 23.7. The molecule has 0 saturated carbocycles. The van der Waals surface area contributed by atoms with E-state index in [1.165, 1.54) is 25.7 Å². The van der Waals surface area contributed by atoms with Gasteiger partial charge in [0, 0.05) is 38.3 Å². The van der Waals surface area contributed by atoms with Gasteiger partial charge in [-0.05, 0) is 65.7 Å². The SMILES string of the molecule is CCO[Si](C)(CCCCCCC(C)C(=O)C(C)CCCCCC[Si](C)(OCC)OCC)OCC. The monoisotopic (exact) mass is 518 g/mol. The molecule has 34 heavy (non-hydrogen) atoms. The van der Waals surface area contributed by atoms with Gasteiger partial charge < -0.3 is 17.7 Å². The summed E-state index contributed by atoms with van der Waals surface area (Å²) in [6.07, 6.45) is 11.4. The molecule has 2 atom stereocenters. The molecule has 0 saturated heterocycles. The van der Waals surface area contributed by atoms with Crippen molar-refractivity contribution in [2.75, 3.05) is 26.4 Å². The molecule has 2 unspecified atom stereocenters. The number of rotatable bonds is 24. The summed E-state index contributed by atoms with van der Waals surface area (Å²) >= 11 is 0. The molecule has 0 amide bonds. The summed E-state index contributed by atoms with van der Waals surface area (Å²) in [6, 6.07) is 2.14. The molecule has 0 N–H and O–H groups in total. The second kappa shape index (κ2) is 20.1. The summed E-state index contributed by atoms with van der Waals surface area (Å²) in [5.74, 6) is 0.830. The zero-order chi connectivity index (χ0) is 25.9. The van der Waals surface area contributed by atoms with E-state index in [4.69, 9.17) is 17.7 Å². The maximum Gasteiger partial charge on any atom is 0.334 e. The van der Waals surface area contributed by atoms with Gasteiger partial charge in [0.15, 0.2) is 0 Å². The first-order chi connectivity index (χ1) is 16.2. The van der Waals surface area contributed by atoms with Crippen LogP contribution < -0.4 is 0 Å². The molecule has 0 aromatic carbocycles. The van der Waals surface area contributed by atoms with Gasteiger partial charge in [0.1, 0.15) is 5.78 Å². The van der Waals surface area contributed by atoms with E-state index in [1.807, 2.05) is 27.7 Å². The van der Waals surface area contributed by atoms with Gasteiger partial charge in [0.25, 0.3) is 0 Å². The zero-order valence-electron chi connectivity index (χ0n) is 24.0. The van der Waals surface area contributed by atoms with E-state index in [0.29, 0.717) is 5.78 Å². The summed E-state index contributed by atoms with van der Waals surface area (Å²) in [4.78, 5) is 12.8. The summed E-state index contributed by atoms with van der Waals surface area (Å²) in [5.41, 5.74) is 0. The zero-order valence-corrected chi connectivity index (χ0v) is 26.0. The van der Waals surface area contributed by atoms with E-state index in [1.54, 1.807) is 0 Å². The Bertz CT molecular complexity index is 449. The average Bonchev–Trinajstić information content (AvgIpc) is 2.78. The summed E-state index contributed by atoms with van der Waals surface area (Å²) in [6.45, 7) is 19.8. The molecule has 5 nitrogen and oxygen atoms in total. The van der Waals surface area contributed by atoms with Crippen LogP contribution in [0.5, 0.6) is 0 Å². The number of Topliss-reactive ketones (excluding diaryl/α,β-unsaturated/α-hetero) is 1. The standard InChI is InChI=1S/C27H58O5Si2/c1-9-29-33(7,30-10-2)23-19-15-13-17-21-25(5)27(28)26(6)22-18-14-16-20-24-34(8,31-11-3)32-12-4/h25-26H,9-24H2,1-8H3. The van der Waals surface area contributed by atoms with Crippen LogP contribution >= 0.6 is 0 Å². The second-order valence-electron chi connectivity index (χ2n) is 10.1. The largest absolute Gasteiger partial charge is 0.395 e. The van der Waals surface area contributed by atoms with E-state index in [0.717, 1.165) is 77.0 Å². The molecule has 0 heterocycles. The van der Waals surface area contributed by atoms with Crippen LogP contribution in [0.3, 0.4) is 0 Å². The van der Waals surface area contributed by atoms with Gasteiger partial charge in [-0.25, -0.2) is 0 Å². The quantitative estimate of drug-likeness (QED) is 0.0956. The first-order valence-corrected chi connectivity index (χ1v) is 19.3. The van der Waals surface area contributed by atoms with Crippen LogP contribution in [0.4, 0.5) is 0 Å². The lowest BCUT2D eigenvalue weighted by Gasteiger charge is -2.25. The molecule has 0 aromatic rings. The Hall–Kier alpha value is -0.0562. The normalized spacial score (nSPS) is 14.4. The van der Waals surface area contributed by atoms with Crippen LogP contribution in [-0.4, -0.2) is 49.3 Å². The van der Waals surface area contributed by atoms with Crippen LogP contribution in [-0.2, 0) is 22.5 Å². The van der Waals surface area contributed by atoms with Crippen molar-refractivity contribution in [3.8, 4) is 0 Å². The van der Waals surface area contributed by atoms with Crippen LogP contribution in [0, 0.1) is 11.8 Å². The van der Waals surface area contributed by atoms with Gasteiger partial charge in [-0.2, -0.15) is 0 Å². The summed E-state index contributed by atoms with van der Waals surface area (Å²) in [5, 5.41) is 0. The van der Waals surface area contributed by atoms with Crippen molar-refractivity contribution in [2.45, 2.75) is 131 Å². The Morgan fingerprint density at radius 2 is 0.853 bits per heavy atom. The number of hydrogen-bond acceptors (Lipinski definition) is 5. The van der Waals surface area contributed by atoms with Crippen molar-refractivity contribution in [3.63, 3.8) is 0 Å². The fraction of sp³-hybridized carbons (Fsp3) is 0.963. The van der Waals surface area contributed by atoms with Crippen molar-refractivity contribution < 1.29 is 22.5 Å². The molecule has 0 bridgehead atoms. The van der Waals surface area contributed by atoms with E-state index >= 15 is 0 Å². The molecule has 0 fully saturated rings. The van der Waals surface area contributed by atoms with Crippen molar-refractivity contribution >= 4 is 22.9 Å². The third kappa shape index (κ3) is 15.8. The lowest BCUT2D eigenvalue weighted by molar-refractivity contribution is -0.126. The average molecular weight is 519 g/mol. The fourth-order valence-electron chi connectivity index (χ4n) is 4.86. The van der Waals surface area contributed by atoms with Gasteiger partial charge >= 0.3 is 17.1 Å². The van der Waals surface area contributed by atoms with Gasteiger partial charge in [-0.3, -0.25) is 4.79 Å². The van der Waals surface area contributed by atoms with E-state index in [2.05, 4.69) is 26.9 Å². The Kier molecular flexibility index (Phi) is 20.0. The number of ketones is 1. The summed E-state index contributed by atoms with van der Waals surface area (Å²) in [7, 11) is -3.94. The molecule has 0 aliphatic carbocycles. The van der Waals surface area contributed by atoms with Crippen molar-refractivity contribution in [1.82, 2.24) is 0 Å². The highest BCUT2D eigenvalue weighted by Gasteiger charge is 2.30. The van der Waals surface area contributed by atoms with E-state index < -0.39 is 17.1 Å². The van der Waals surface area contributed by atoms with Crippen LogP contribution in [0.2, 0.25) is 25.2 Å². The molecular formula is C27H58O5Si2. The lowest BCUT2D eigenvalue weighted by Crippen LogP contribution is -2.38. The number of carbonyl (C=O) groups excluding carboxylic acids is 1. The van der Waals surface area contributed by atoms with Gasteiger partial charge in [-0.15, -0.1) is 0 Å². The van der Waals surface area contributed by atoms with Crippen molar-refractivity contribution in [2.24, 2.45) is 11.8 Å². The molecule has 0 aliphatic heterocycles. The molecule has 0 spiro atoms. The Labute approximate surface area is 214 Å². The van der Waals surface area contributed by atoms with Crippen LogP contribution in [0.15, 0.2) is 0 Å². The number of hydrogen-bond donors (Lipinski definition) is 0. The predicted molar refractivity (Wildman–Crippen MR) is 149 cm³/mol. The topological polar surface area (TPSA) is 54.0 Å². The maximum atomic E-state index is 12.8. The van der Waals surface area contributed by atoms with Crippen molar-refractivity contribution in [1.29, 1.82) is 0 Å². The Morgan fingerprint density at radius 1 is 0.559 bits per heavy atom. The molecule has 204 valence electrons. The predicted octanol–water partition coefficient (Wildman–Crippen LogP) is 8.02. The highest BCUT2D eigenvalue weighted by atomic mass is 28.4. The minimum atomic E-state index is -1.97. The Morgan fingerprint density at radius 3 is 1.15 bits per heavy atom. The van der Waals surface area contributed by atoms with Gasteiger partial charge in [0.05, 0.1) is 0 Å². The van der Waals surface area contributed by atoms with Crippen LogP contribution in [0.25, 0.3) is 0 Å². The highest BCUT2D eigenvalue weighted by Crippen LogP contribution is 2.23. The van der Waals surface area contributed by atoms with Gasteiger partial charge in [0.2, 0.25) is 0 Å². The minimum absolute atomic E-state index is 0.186. The van der Waals surface area contributed by atoms with E-state index in [-0.39, 0.29) is 11.8 Å². The molecule has 0 aliphatic rings. The Balaban J connectivity index is 3.97. The first kappa shape index (κ1) is 33.9. The van der Waals surface area contributed by atoms with Crippen LogP contribution in [0.1, 0.15) is 106 Å². The smallest absolute Gasteiger partial charge is 0.334 e. The number of carbonyl (C=O) groups is 1. The maximum absolute atomic E-state index is 12.8.